The Labute approximate surface area is 131 Å². The van der Waals surface area contributed by atoms with Crippen LogP contribution in [0.3, 0.4) is 0 Å². The third kappa shape index (κ3) is 12.9. The van der Waals surface area contributed by atoms with E-state index in [2.05, 4.69) is 13.8 Å². The Morgan fingerprint density at radius 2 is 1.33 bits per heavy atom. The lowest BCUT2D eigenvalue weighted by atomic mass is 9.94. The number of carbonyl (C=O) groups is 1. The second-order valence-electron chi connectivity index (χ2n) is 5.99. The fourth-order valence-corrected chi connectivity index (χ4v) is 2.63. The Morgan fingerprint density at radius 3 is 1.86 bits per heavy atom. The van der Waals surface area contributed by atoms with Crippen LogP contribution in [-0.4, -0.2) is 24.3 Å². The van der Waals surface area contributed by atoms with E-state index in [0.717, 1.165) is 25.7 Å². The number of esters is 1. The second-order valence-corrected chi connectivity index (χ2v) is 5.99. The molecule has 0 rings (SSSR count). The van der Waals surface area contributed by atoms with E-state index in [-0.39, 0.29) is 25.1 Å². The van der Waals surface area contributed by atoms with Crippen molar-refractivity contribution in [2.45, 2.75) is 90.9 Å². The van der Waals surface area contributed by atoms with Crippen molar-refractivity contribution in [3.8, 4) is 0 Å². The van der Waals surface area contributed by atoms with E-state index in [1.54, 1.807) is 0 Å². The van der Waals surface area contributed by atoms with E-state index < -0.39 is 0 Å². The van der Waals surface area contributed by atoms with Crippen LogP contribution in [-0.2, 0) is 9.53 Å². The van der Waals surface area contributed by atoms with Crippen LogP contribution in [0, 0.1) is 5.92 Å². The first-order valence-corrected chi connectivity index (χ1v) is 9.03. The monoisotopic (exact) mass is 300 g/mol. The minimum atomic E-state index is -0.103. The molecule has 0 aromatic rings. The van der Waals surface area contributed by atoms with Gasteiger partial charge in [0.25, 0.3) is 0 Å². The maximum Gasteiger partial charge on any atom is 0.309 e. The fraction of sp³-hybridized carbons (Fsp3) is 0.944. The van der Waals surface area contributed by atoms with Crippen LogP contribution >= 0.6 is 0 Å². The fourth-order valence-electron chi connectivity index (χ4n) is 2.63. The molecule has 1 N–H and O–H groups in total. The standard InChI is InChI=1S/C18H36O3/c1-3-5-7-9-10-12-14-17(13-11-8-6-4-2)18(20)21-16-15-19/h17,19H,3-16H2,1-2H3. The van der Waals surface area contributed by atoms with Gasteiger partial charge < -0.3 is 9.84 Å². The van der Waals surface area contributed by atoms with Gasteiger partial charge in [-0.3, -0.25) is 4.79 Å². The molecule has 1 unspecified atom stereocenters. The number of ether oxygens (including phenoxy) is 1. The molecule has 0 fully saturated rings. The highest BCUT2D eigenvalue weighted by atomic mass is 16.5. The number of hydrogen-bond acceptors (Lipinski definition) is 3. The summed E-state index contributed by atoms with van der Waals surface area (Å²) in [6.07, 6.45) is 14.2. The molecule has 3 heteroatoms. The molecule has 126 valence electrons. The van der Waals surface area contributed by atoms with Gasteiger partial charge in [-0.1, -0.05) is 78.1 Å². The van der Waals surface area contributed by atoms with Gasteiger partial charge in [0.15, 0.2) is 0 Å². The molecule has 0 amide bonds. The molecule has 21 heavy (non-hydrogen) atoms. The number of carbonyl (C=O) groups excluding carboxylic acids is 1. The van der Waals surface area contributed by atoms with Crippen molar-refractivity contribution in [1.82, 2.24) is 0 Å². The van der Waals surface area contributed by atoms with Crippen molar-refractivity contribution in [2.24, 2.45) is 5.92 Å². The predicted octanol–water partition coefficient (Wildman–Crippen LogP) is 4.86. The lowest BCUT2D eigenvalue weighted by Gasteiger charge is -2.15. The van der Waals surface area contributed by atoms with E-state index in [1.165, 1.54) is 51.4 Å². The average Bonchev–Trinajstić information content (AvgIpc) is 2.50. The smallest absolute Gasteiger partial charge is 0.309 e. The van der Waals surface area contributed by atoms with Crippen LogP contribution in [0.1, 0.15) is 90.9 Å². The lowest BCUT2D eigenvalue weighted by molar-refractivity contribution is -0.150. The molecular formula is C18H36O3. The SMILES string of the molecule is CCCCCCCCC(CCCCCC)C(=O)OCCO. The molecule has 0 aromatic carbocycles. The van der Waals surface area contributed by atoms with Gasteiger partial charge in [-0.2, -0.15) is 0 Å². The van der Waals surface area contributed by atoms with Gasteiger partial charge in [0.1, 0.15) is 6.61 Å². The maximum atomic E-state index is 12.0. The first-order valence-electron chi connectivity index (χ1n) is 9.03. The molecule has 0 saturated carbocycles. The molecule has 1 atom stereocenters. The van der Waals surface area contributed by atoms with E-state index >= 15 is 0 Å². The highest BCUT2D eigenvalue weighted by Gasteiger charge is 2.19. The quantitative estimate of drug-likeness (QED) is 0.347. The van der Waals surface area contributed by atoms with Gasteiger partial charge in [-0.25, -0.2) is 0 Å². The first kappa shape index (κ1) is 20.4. The van der Waals surface area contributed by atoms with E-state index in [1.807, 2.05) is 0 Å². The van der Waals surface area contributed by atoms with Crippen LogP contribution in [0.25, 0.3) is 0 Å². The second kappa shape index (κ2) is 15.8. The van der Waals surface area contributed by atoms with Gasteiger partial charge in [-0.15, -0.1) is 0 Å². The largest absolute Gasteiger partial charge is 0.463 e. The van der Waals surface area contributed by atoms with Crippen LogP contribution in [0.5, 0.6) is 0 Å². The minimum absolute atomic E-state index is 0.0413. The average molecular weight is 300 g/mol. The molecule has 0 aliphatic heterocycles. The van der Waals surface area contributed by atoms with Crippen molar-refractivity contribution < 1.29 is 14.6 Å². The predicted molar refractivity (Wildman–Crippen MR) is 88.3 cm³/mol. The Kier molecular flexibility index (Phi) is 15.4. The number of aliphatic hydroxyl groups is 1. The van der Waals surface area contributed by atoms with Gasteiger partial charge in [-0.05, 0) is 12.8 Å². The van der Waals surface area contributed by atoms with Crippen LogP contribution in [0.4, 0.5) is 0 Å². The Morgan fingerprint density at radius 1 is 0.857 bits per heavy atom. The molecule has 0 aliphatic rings. The highest BCUT2D eigenvalue weighted by molar-refractivity contribution is 5.72. The zero-order chi connectivity index (χ0) is 15.8. The topological polar surface area (TPSA) is 46.5 Å². The molecule has 0 bridgehead atoms. The van der Waals surface area contributed by atoms with E-state index in [0.29, 0.717) is 0 Å². The summed E-state index contributed by atoms with van der Waals surface area (Å²) in [6, 6.07) is 0. The summed E-state index contributed by atoms with van der Waals surface area (Å²) < 4.78 is 5.12. The summed E-state index contributed by atoms with van der Waals surface area (Å²) in [4.78, 5) is 12.0. The number of hydrogen-bond donors (Lipinski definition) is 1. The summed E-state index contributed by atoms with van der Waals surface area (Å²) in [7, 11) is 0. The summed E-state index contributed by atoms with van der Waals surface area (Å²) in [5.74, 6) is -0.0614. The van der Waals surface area contributed by atoms with Crippen LogP contribution in [0.2, 0.25) is 0 Å². The third-order valence-electron chi connectivity index (χ3n) is 3.98. The molecule has 0 aromatic heterocycles. The summed E-state index contributed by atoms with van der Waals surface area (Å²) in [6.45, 7) is 4.49. The Bertz CT molecular complexity index is 229. The van der Waals surface area contributed by atoms with Crippen molar-refractivity contribution >= 4 is 5.97 Å². The lowest BCUT2D eigenvalue weighted by Crippen LogP contribution is -2.19. The van der Waals surface area contributed by atoms with Crippen molar-refractivity contribution in [3.63, 3.8) is 0 Å². The van der Waals surface area contributed by atoms with Gasteiger partial charge in [0.2, 0.25) is 0 Å². The molecule has 0 spiro atoms. The molecule has 0 heterocycles. The first-order chi connectivity index (χ1) is 10.3. The van der Waals surface area contributed by atoms with Crippen LogP contribution in [0.15, 0.2) is 0 Å². The van der Waals surface area contributed by atoms with Crippen molar-refractivity contribution in [3.05, 3.63) is 0 Å². The number of unbranched alkanes of at least 4 members (excludes halogenated alkanes) is 8. The third-order valence-corrected chi connectivity index (χ3v) is 3.98. The van der Waals surface area contributed by atoms with E-state index in [9.17, 15) is 4.79 Å². The highest BCUT2D eigenvalue weighted by Crippen LogP contribution is 2.20. The maximum absolute atomic E-state index is 12.0. The molecule has 0 radical (unpaired) electrons. The molecule has 0 aliphatic carbocycles. The Balaban J connectivity index is 3.91. The van der Waals surface area contributed by atoms with Gasteiger partial charge >= 0.3 is 5.97 Å². The molecular weight excluding hydrogens is 264 g/mol. The van der Waals surface area contributed by atoms with Crippen molar-refractivity contribution in [1.29, 1.82) is 0 Å². The number of aliphatic hydroxyl groups excluding tert-OH is 1. The van der Waals surface area contributed by atoms with Crippen LogP contribution < -0.4 is 0 Å². The summed E-state index contributed by atoms with van der Waals surface area (Å²) in [5.41, 5.74) is 0. The molecule has 0 saturated heterocycles. The zero-order valence-corrected chi connectivity index (χ0v) is 14.2. The van der Waals surface area contributed by atoms with E-state index in [4.69, 9.17) is 9.84 Å². The van der Waals surface area contributed by atoms with Crippen molar-refractivity contribution in [2.75, 3.05) is 13.2 Å². The number of rotatable bonds is 15. The Hall–Kier alpha value is -0.570. The molecule has 3 nitrogen and oxygen atoms in total. The summed E-state index contributed by atoms with van der Waals surface area (Å²) in [5, 5.41) is 8.76. The van der Waals surface area contributed by atoms with Gasteiger partial charge in [0.05, 0.1) is 12.5 Å². The normalized spacial score (nSPS) is 12.3. The zero-order valence-electron chi connectivity index (χ0n) is 14.2. The van der Waals surface area contributed by atoms with Gasteiger partial charge in [0, 0.05) is 0 Å². The minimum Gasteiger partial charge on any atom is -0.463 e. The summed E-state index contributed by atoms with van der Waals surface area (Å²) >= 11 is 0.